The molecule has 1 aliphatic heterocycles. The first-order valence-electron chi connectivity index (χ1n) is 10.4. The molecule has 2 amide bonds. The summed E-state index contributed by atoms with van der Waals surface area (Å²) in [5.74, 6) is -0.353. The Kier molecular flexibility index (Phi) is 5.85. The van der Waals surface area contributed by atoms with Crippen molar-refractivity contribution in [2.45, 2.75) is 50.5 Å². The van der Waals surface area contributed by atoms with Crippen LogP contribution in [0.1, 0.15) is 47.5 Å². The molecule has 0 unspecified atom stereocenters. The molecule has 2 aliphatic rings. The number of carbonyl (C=O) groups excluding carboxylic acids is 2. The molecule has 1 aromatic heterocycles. The van der Waals surface area contributed by atoms with Gasteiger partial charge in [0.05, 0.1) is 0 Å². The van der Waals surface area contributed by atoms with E-state index < -0.39 is 10.0 Å². The van der Waals surface area contributed by atoms with Crippen LogP contribution >= 0.6 is 0 Å². The summed E-state index contributed by atoms with van der Waals surface area (Å²) in [4.78, 5) is 25.0. The highest BCUT2D eigenvalue weighted by molar-refractivity contribution is 7.89. The van der Waals surface area contributed by atoms with Crippen LogP contribution in [-0.2, 0) is 14.8 Å². The maximum Gasteiger partial charge on any atom is 0.251 e. The quantitative estimate of drug-likeness (QED) is 0.702. The van der Waals surface area contributed by atoms with Crippen LogP contribution in [0.4, 0.5) is 5.69 Å². The number of nitrogens with zero attached hydrogens (tertiary/aromatic N) is 2. The Balaban J connectivity index is 1.36. The Bertz CT molecular complexity index is 1080. The van der Waals surface area contributed by atoms with Gasteiger partial charge in [0.2, 0.25) is 15.9 Å². The number of piperidine rings is 1. The molecule has 31 heavy (non-hydrogen) atoms. The molecule has 2 N–H and O–H groups in total. The Morgan fingerprint density at radius 2 is 1.84 bits per heavy atom. The van der Waals surface area contributed by atoms with Crippen molar-refractivity contribution in [3.63, 3.8) is 0 Å². The van der Waals surface area contributed by atoms with Crippen LogP contribution in [0, 0.1) is 19.8 Å². The number of nitrogens with one attached hydrogen (secondary N) is 2. The number of carbonyl (C=O) groups is 2. The predicted molar refractivity (Wildman–Crippen MR) is 113 cm³/mol. The number of hydrogen-bond donors (Lipinski definition) is 2. The number of benzene rings is 1. The van der Waals surface area contributed by atoms with Crippen molar-refractivity contribution < 1.29 is 22.5 Å². The van der Waals surface area contributed by atoms with E-state index in [-0.39, 0.29) is 47.5 Å². The van der Waals surface area contributed by atoms with Gasteiger partial charge in [0.1, 0.15) is 10.6 Å². The van der Waals surface area contributed by atoms with E-state index in [4.69, 9.17) is 4.52 Å². The fourth-order valence-corrected chi connectivity index (χ4v) is 5.57. The molecule has 0 radical (unpaired) electrons. The lowest BCUT2D eigenvalue weighted by molar-refractivity contribution is -0.120. The summed E-state index contributed by atoms with van der Waals surface area (Å²) < 4.78 is 32.2. The minimum absolute atomic E-state index is 0.108. The molecular formula is C21H26N4O5S. The number of amides is 2. The highest BCUT2D eigenvalue weighted by Gasteiger charge is 2.35. The van der Waals surface area contributed by atoms with Crippen molar-refractivity contribution in [3.8, 4) is 0 Å². The predicted octanol–water partition coefficient (Wildman–Crippen LogP) is 2.22. The number of sulfonamides is 1. The minimum Gasteiger partial charge on any atom is -0.360 e. The first-order valence-corrected chi connectivity index (χ1v) is 11.8. The van der Waals surface area contributed by atoms with Crippen LogP contribution in [0.15, 0.2) is 33.7 Å². The highest BCUT2D eigenvalue weighted by Crippen LogP contribution is 2.28. The number of rotatable bonds is 6. The van der Waals surface area contributed by atoms with Crippen LogP contribution in [0.2, 0.25) is 0 Å². The lowest BCUT2D eigenvalue weighted by Crippen LogP contribution is -2.41. The molecule has 1 aromatic carbocycles. The first kappa shape index (κ1) is 21.5. The number of anilines is 1. The van der Waals surface area contributed by atoms with Crippen LogP contribution in [0.25, 0.3) is 0 Å². The van der Waals surface area contributed by atoms with Crippen molar-refractivity contribution >= 4 is 27.5 Å². The van der Waals surface area contributed by atoms with E-state index in [0.29, 0.717) is 29.8 Å². The van der Waals surface area contributed by atoms with E-state index in [9.17, 15) is 18.0 Å². The van der Waals surface area contributed by atoms with Crippen LogP contribution < -0.4 is 10.6 Å². The summed E-state index contributed by atoms with van der Waals surface area (Å²) in [6.45, 7) is 3.66. The van der Waals surface area contributed by atoms with Gasteiger partial charge in [-0.2, -0.15) is 4.31 Å². The van der Waals surface area contributed by atoms with Gasteiger partial charge < -0.3 is 15.2 Å². The highest BCUT2D eigenvalue weighted by atomic mass is 32.2. The molecule has 2 heterocycles. The molecule has 9 nitrogen and oxygen atoms in total. The van der Waals surface area contributed by atoms with Gasteiger partial charge in [0.25, 0.3) is 5.91 Å². The first-order chi connectivity index (χ1) is 14.8. The fourth-order valence-electron chi connectivity index (χ4n) is 3.81. The van der Waals surface area contributed by atoms with Gasteiger partial charge in [0.15, 0.2) is 5.76 Å². The standard InChI is InChI=1S/C21H26N4O5S/c1-13-19(14(2)30-24-13)31(28,29)25-10-8-15(9-11-25)20(26)23-18-5-3-4-16(12-18)21(27)22-17-6-7-17/h3-5,12,15,17H,6-11H2,1-2H3,(H,22,27)(H,23,26). The zero-order valence-electron chi connectivity index (χ0n) is 17.6. The normalized spacial score (nSPS) is 18.0. The molecule has 10 heteroatoms. The number of aromatic nitrogens is 1. The van der Waals surface area contributed by atoms with Crippen molar-refractivity contribution in [2.75, 3.05) is 18.4 Å². The number of aryl methyl sites for hydroxylation is 2. The van der Waals surface area contributed by atoms with Crippen LogP contribution in [-0.4, -0.2) is 48.8 Å². The van der Waals surface area contributed by atoms with Gasteiger partial charge in [-0.25, -0.2) is 8.42 Å². The third-order valence-corrected chi connectivity index (χ3v) is 7.84. The van der Waals surface area contributed by atoms with Gasteiger partial charge in [0, 0.05) is 36.3 Å². The van der Waals surface area contributed by atoms with E-state index in [1.54, 1.807) is 38.1 Å². The van der Waals surface area contributed by atoms with E-state index in [1.807, 2.05) is 0 Å². The Morgan fingerprint density at radius 1 is 1.13 bits per heavy atom. The van der Waals surface area contributed by atoms with Crippen LogP contribution in [0.3, 0.4) is 0 Å². The zero-order valence-corrected chi connectivity index (χ0v) is 18.4. The third kappa shape index (κ3) is 4.64. The summed E-state index contributed by atoms with van der Waals surface area (Å²) in [7, 11) is -3.71. The van der Waals surface area contributed by atoms with Crippen molar-refractivity contribution in [3.05, 3.63) is 41.3 Å². The largest absolute Gasteiger partial charge is 0.360 e. The van der Waals surface area contributed by atoms with Crippen LogP contribution in [0.5, 0.6) is 0 Å². The molecule has 2 fully saturated rings. The summed E-state index contributed by atoms with van der Waals surface area (Å²) >= 11 is 0. The lowest BCUT2D eigenvalue weighted by atomic mass is 9.97. The average molecular weight is 447 g/mol. The Labute approximate surface area is 181 Å². The van der Waals surface area contributed by atoms with Gasteiger partial charge in [-0.3, -0.25) is 9.59 Å². The molecule has 4 rings (SSSR count). The maximum absolute atomic E-state index is 12.9. The molecule has 166 valence electrons. The smallest absolute Gasteiger partial charge is 0.251 e. The summed E-state index contributed by atoms with van der Waals surface area (Å²) in [5, 5.41) is 9.52. The molecule has 2 aromatic rings. The molecule has 1 saturated heterocycles. The van der Waals surface area contributed by atoms with Gasteiger partial charge in [-0.1, -0.05) is 11.2 Å². The molecule has 1 aliphatic carbocycles. The van der Waals surface area contributed by atoms with Gasteiger partial charge >= 0.3 is 0 Å². The average Bonchev–Trinajstić information content (AvgIpc) is 3.49. The van der Waals surface area contributed by atoms with Gasteiger partial charge in [-0.05, 0) is 57.7 Å². The van der Waals surface area contributed by atoms with Crippen molar-refractivity contribution in [2.24, 2.45) is 5.92 Å². The SMILES string of the molecule is Cc1noc(C)c1S(=O)(=O)N1CCC(C(=O)Nc2cccc(C(=O)NC3CC3)c2)CC1. The van der Waals surface area contributed by atoms with Crippen molar-refractivity contribution in [1.82, 2.24) is 14.8 Å². The molecule has 0 atom stereocenters. The maximum atomic E-state index is 12.9. The molecule has 0 bridgehead atoms. The second-order valence-electron chi connectivity index (χ2n) is 8.15. The topological polar surface area (TPSA) is 122 Å². The zero-order chi connectivity index (χ0) is 22.2. The lowest BCUT2D eigenvalue weighted by Gasteiger charge is -2.30. The second-order valence-corrected chi connectivity index (χ2v) is 10.0. The van der Waals surface area contributed by atoms with E-state index in [2.05, 4.69) is 15.8 Å². The summed E-state index contributed by atoms with van der Waals surface area (Å²) in [5.41, 5.74) is 1.40. The van der Waals surface area contributed by atoms with E-state index >= 15 is 0 Å². The second kappa shape index (κ2) is 8.43. The molecule has 1 saturated carbocycles. The number of hydrogen-bond acceptors (Lipinski definition) is 6. The summed E-state index contributed by atoms with van der Waals surface area (Å²) in [6.07, 6.45) is 2.84. The van der Waals surface area contributed by atoms with E-state index in [0.717, 1.165) is 12.8 Å². The fraction of sp³-hybridized carbons (Fsp3) is 0.476. The minimum atomic E-state index is -3.71. The Hall–Kier alpha value is -2.72. The molecule has 0 spiro atoms. The molecular weight excluding hydrogens is 420 g/mol. The monoisotopic (exact) mass is 446 g/mol. The Morgan fingerprint density at radius 3 is 2.45 bits per heavy atom. The third-order valence-electron chi connectivity index (χ3n) is 5.70. The van der Waals surface area contributed by atoms with E-state index in [1.165, 1.54) is 4.31 Å². The summed E-state index contributed by atoms with van der Waals surface area (Å²) in [6, 6.07) is 7.11. The van der Waals surface area contributed by atoms with Crippen molar-refractivity contribution in [1.29, 1.82) is 0 Å². The van der Waals surface area contributed by atoms with Gasteiger partial charge in [-0.15, -0.1) is 0 Å².